The zero-order valence-corrected chi connectivity index (χ0v) is 9.44. The van der Waals surface area contributed by atoms with E-state index in [1.54, 1.807) is 0 Å². The molecule has 0 N–H and O–H groups in total. The molecule has 0 unspecified atom stereocenters. The molecule has 0 fully saturated rings. The first-order valence-corrected chi connectivity index (χ1v) is 7.71. The topological polar surface area (TPSA) is 9.23 Å². The van der Waals surface area contributed by atoms with Gasteiger partial charge in [0.15, 0.2) is 0 Å². The van der Waals surface area contributed by atoms with Crippen molar-refractivity contribution in [2.75, 3.05) is 18.9 Å². The van der Waals surface area contributed by atoms with E-state index >= 15 is 0 Å². The van der Waals surface area contributed by atoms with Crippen LogP contribution in [0.4, 0.5) is 0 Å². The third-order valence-electron chi connectivity index (χ3n) is 1.12. The van der Waals surface area contributed by atoms with Gasteiger partial charge in [0, 0.05) is 24.4 Å². The van der Waals surface area contributed by atoms with E-state index in [1.165, 1.54) is 7.11 Å². The van der Waals surface area contributed by atoms with E-state index in [0.717, 1.165) is 0 Å². The Hall–Kier alpha value is 1.34. The molecule has 0 rings (SSSR count). The summed E-state index contributed by atoms with van der Waals surface area (Å²) in [6.07, 6.45) is 0. The predicted octanol–water partition coefficient (Wildman–Crippen LogP) is 2.90. The summed E-state index contributed by atoms with van der Waals surface area (Å²) < 4.78 is 4.88. The van der Waals surface area contributed by atoms with Crippen LogP contribution < -0.4 is 0 Å². The predicted molar refractivity (Wildman–Crippen MR) is 49.7 cm³/mol. The van der Waals surface area contributed by atoms with Crippen molar-refractivity contribution in [1.82, 2.24) is 0 Å². The van der Waals surface area contributed by atoms with Crippen LogP contribution in [0.25, 0.3) is 0 Å². The van der Waals surface area contributed by atoms with Gasteiger partial charge in [0.1, 0.15) is 0 Å². The monoisotopic (exact) mass is 240 g/mol. The van der Waals surface area contributed by atoms with Gasteiger partial charge in [-0.05, 0) is 0 Å². The van der Waals surface area contributed by atoms with E-state index in [4.69, 9.17) is 49.8 Å². The van der Waals surface area contributed by atoms with Crippen molar-refractivity contribution in [3.63, 3.8) is 0 Å². The molecule has 0 radical (unpaired) electrons. The van der Waals surface area contributed by atoms with Crippen molar-refractivity contribution in [2.45, 2.75) is 5.54 Å². The number of hydrogen-bond donors (Lipinski definition) is 0. The van der Waals surface area contributed by atoms with Crippen molar-refractivity contribution >= 4 is 52.3 Å². The van der Waals surface area contributed by atoms with E-state index in [9.17, 15) is 0 Å². The van der Waals surface area contributed by atoms with Crippen LogP contribution in [-0.2, 0) is 4.43 Å². The second-order valence-corrected chi connectivity index (χ2v) is 8.69. The summed E-state index contributed by atoms with van der Waals surface area (Å²) in [5.41, 5.74) is -0.107. The highest BCUT2D eigenvalue weighted by atomic mass is 35.7. The molecule has 0 spiro atoms. The van der Waals surface area contributed by atoms with Crippen LogP contribution in [0.2, 0.25) is 5.54 Å². The van der Waals surface area contributed by atoms with Crippen LogP contribution in [0, 0.1) is 0 Å². The molecule has 0 atom stereocenters. The Morgan fingerprint density at radius 1 is 1.30 bits per heavy atom. The van der Waals surface area contributed by atoms with Crippen LogP contribution in [0.15, 0.2) is 0 Å². The summed E-state index contributed by atoms with van der Waals surface area (Å²) in [6, 6.07) is 0. The van der Waals surface area contributed by atoms with E-state index in [2.05, 4.69) is 0 Å². The molecule has 0 aliphatic rings. The van der Waals surface area contributed by atoms with Crippen LogP contribution >= 0.6 is 45.4 Å². The lowest BCUT2D eigenvalue weighted by Gasteiger charge is -2.20. The maximum atomic E-state index is 5.80. The number of rotatable bonds is 4. The third-order valence-corrected chi connectivity index (χ3v) is 7.06. The minimum Gasteiger partial charge on any atom is -0.395 e. The van der Waals surface area contributed by atoms with Gasteiger partial charge in [0.2, 0.25) is 0 Å². The normalized spacial score (nSPS) is 12.6. The summed E-state index contributed by atoms with van der Waals surface area (Å²) in [4.78, 5) is 0. The molecular weight excluding hydrogens is 234 g/mol. The quantitative estimate of drug-likeness (QED) is 0.418. The zero-order chi connectivity index (χ0) is 8.20. The highest BCUT2D eigenvalue weighted by molar-refractivity contribution is 7.43. The van der Waals surface area contributed by atoms with E-state index < -0.39 is 6.94 Å². The molecular formula is C4H8Cl4OSi. The van der Waals surface area contributed by atoms with E-state index in [1.807, 2.05) is 0 Å². The molecule has 0 amide bonds. The van der Waals surface area contributed by atoms with Gasteiger partial charge in [-0.1, -0.05) is 0 Å². The lowest BCUT2D eigenvalue weighted by molar-refractivity contribution is 0.420. The summed E-state index contributed by atoms with van der Waals surface area (Å²) in [5.74, 6) is 0.688. The van der Waals surface area contributed by atoms with Crippen molar-refractivity contribution < 1.29 is 4.43 Å². The third kappa shape index (κ3) is 3.16. The molecule has 6 heteroatoms. The van der Waals surface area contributed by atoms with Gasteiger partial charge in [0.05, 0.1) is 0 Å². The van der Waals surface area contributed by atoms with Crippen molar-refractivity contribution in [3.05, 3.63) is 0 Å². The van der Waals surface area contributed by atoms with Gasteiger partial charge in [-0.15, -0.1) is 45.4 Å². The molecule has 62 valence electrons. The lowest BCUT2D eigenvalue weighted by atomic mass is 10.5. The summed E-state index contributed by atoms with van der Waals surface area (Å²) in [5, 5.41) is 0. The molecule has 0 aromatic rings. The maximum absolute atomic E-state index is 5.80. The van der Waals surface area contributed by atoms with Crippen molar-refractivity contribution in [1.29, 1.82) is 0 Å². The fourth-order valence-electron chi connectivity index (χ4n) is 0.388. The van der Waals surface area contributed by atoms with Gasteiger partial charge in [-0.25, -0.2) is 0 Å². The van der Waals surface area contributed by atoms with E-state index in [-0.39, 0.29) is 5.54 Å². The summed E-state index contributed by atoms with van der Waals surface area (Å²) >= 11 is 22.7. The molecule has 0 aliphatic heterocycles. The zero-order valence-electron chi connectivity index (χ0n) is 5.41. The van der Waals surface area contributed by atoms with Crippen LogP contribution in [0.3, 0.4) is 0 Å². The molecule has 1 nitrogen and oxygen atoms in total. The Morgan fingerprint density at radius 2 is 1.70 bits per heavy atom. The Bertz CT molecular complexity index is 95.3. The van der Waals surface area contributed by atoms with Crippen LogP contribution in [0.1, 0.15) is 0 Å². The largest absolute Gasteiger partial charge is 0.395 e. The molecule has 0 aromatic heterocycles. The highest BCUT2D eigenvalue weighted by Gasteiger charge is 2.38. The van der Waals surface area contributed by atoms with Crippen LogP contribution in [0.5, 0.6) is 0 Å². The Balaban J connectivity index is 3.97. The Kier molecular flexibility index (Phi) is 5.74. The first-order valence-electron chi connectivity index (χ1n) is 2.63. The van der Waals surface area contributed by atoms with Crippen molar-refractivity contribution in [3.8, 4) is 0 Å². The first kappa shape index (κ1) is 11.3. The van der Waals surface area contributed by atoms with Gasteiger partial charge in [0.25, 0.3) is 0 Å². The second-order valence-electron chi connectivity index (χ2n) is 1.77. The fraction of sp³-hybridized carbons (Fsp3) is 1.00. The maximum Gasteiger partial charge on any atom is 0.394 e. The van der Waals surface area contributed by atoms with Gasteiger partial charge < -0.3 is 4.43 Å². The van der Waals surface area contributed by atoms with Crippen molar-refractivity contribution in [2.24, 2.45) is 0 Å². The highest BCUT2D eigenvalue weighted by Crippen LogP contribution is 2.32. The average molecular weight is 242 g/mol. The van der Waals surface area contributed by atoms with Crippen LogP contribution in [-0.4, -0.2) is 25.8 Å². The number of halogens is 4. The van der Waals surface area contributed by atoms with Gasteiger partial charge in [-0.3, -0.25) is 0 Å². The van der Waals surface area contributed by atoms with Gasteiger partial charge in [-0.2, -0.15) is 0 Å². The molecule has 0 aliphatic carbocycles. The smallest absolute Gasteiger partial charge is 0.394 e. The molecule has 0 saturated carbocycles. The standard InChI is InChI=1S/C4H8Cl4OSi/c1-9-10(7,8)4(2-5)3-6/h4H,2-3H2,1H3. The Labute approximate surface area is 81.1 Å². The molecule has 0 bridgehead atoms. The summed E-state index contributed by atoms with van der Waals surface area (Å²) in [6.45, 7) is -2.63. The molecule has 0 saturated heterocycles. The van der Waals surface area contributed by atoms with Gasteiger partial charge >= 0.3 is 6.94 Å². The molecule has 0 aromatic carbocycles. The first-order chi connectivity index (χ1) is 4.58. The lowest BCUT2D eigenvalue weighted by Crippen LogP contribution is -2.32. The Morgan fingerprint density at radius 3 is 1.80 bits per heavy atom. The second kappa shape index (κ2) is 5.07. The minimum absolute atomic E-state index is 0.107. The SMILES string of the molecule is CO[Si](Cl)(Cl)C(CCl)CCl. The number of hydrogen-bond acceptors (Lipinski definition) is 1. The minimum atomic E-state index is -2.63. The molecule has 10 heavy (non-hydrogen) atoms. The number of alkyl halides is 2. The fourth-order valence-corrected chi connectivity index (χ4v) is 4.59. The summed E-state index contributed by atoms with van der Waals surface area (Å²) in [7, 11) is 1.47. The average Bonchev–Trinajstić information content (AvgIpc) is 1.90. The molecule has 0 heterocycles. The van der Waals surface area contributed by atoms with E-state index in [0.29, 0.717) is 11.8 Å².